The van der Waals surface area contributed by atoms with Gasteiger partial charge in [-0.05, 0) is 25.7 Å². The van der Waals surface area contributed by atoms with E-state index in [4.69, 9.17) is 15.2 Å². The molecule has 0 aliphatic carbocycles. The van der Waals surface area contributed by atoms with Crippen molar-refractivity contribution < 1.29 is 14.0 Å². The highest BCUT2D eigenvalue weighted by atomic mass is 31.1. The van der Waals surface area contributed by atoms with Gasteiger partial charge in [0.05, 0.1) is 0 Å². The lowest BCUT2D eigenvalue weighted by atomic mass is 9.99. The fourth-order valence-corrected chi connectivity index (χ4v) is 3.00. The van der Waals surface area contributed by atoms with Crippen molar-refractivity contribution in [2.75, 3.05) is 13.1 Å². The van der Waals surface area contributed by atoms with Crippen molar-refractivity contribution in [2.45, 2.75) is 51.3 Å². The summed E-state index contributed by atoms with van der Waals surface area (Å²) in [6.45, 7) is 5.64. The smallest absolute Gasteiger partial charge is 0.328 e. The van der Waals surface area contributed by atoms with Crippen LogP contribution in [0.15, 0.2) is 0 Å². The highest BCUT2D eigenvalue weighted by Crippen LogP contribution is 2.36. The first-order chi connectivity index (χ1) is 7.54. The number of nitrogens with two attached hydrogens (primary N) is 1. The van der Waals surface area contributed by atoms with Gasteiger partial charge in [0.2, 0.25) is 0 Å². The van der Waals surface area contributed by atoms with E-state index in [2.05, 4.69) is 4.90 Å². The van der Waals surface area contributed by atoms with Crippen LogP contribution in [0, 0.1) is 0 Å². The number of hydrogen-bond donors (Lipinski definition) is 2. The summed E-state index contributed by atoms with van der Waals surface area (Å²) < 4.78 is 16.2. The van der Waals surface area contributed by atoms with Gasteiger partial charge in [-0.25, -0.2) is 0 Å². The fourth-order valence-electron chi connectivity index (χ4n) is 2.34. The molecule has 0 bridgehead atoms. The molecule has 0 amide bonds. The SMILES string of the molecule is CCC(CC)(O[P+](=O)O)N1CCC(N)CC1. The summed E-state index contributed by atoms with van der Waals surface area (Å²) in [5, 5.41) is 0. The zero-order valence-electron chi connectivity index (χ0n) is 10.1. The summed E-state index contributed by atoms with van der Waals surface area (Å²) in [4.78, 5) is 11.1. The molecule has 0 aromatic rings. The molecule has 16 heavy (non-hydrogen) atoms. The first kappa shape index (κ1) is 14.0. The van der Waals surface area contributed by atoms with Crippen LogP contribution in [0.1, 0.15) is 39.5 Å². The van der Waals surface area contributed by atoms with Crippen LogP contribution >= 0.6 is 8.25 Å². The van der Waals surface area contributed by atoms with Crippen molar-refractivity contribution in [1.82, 2.24) is 4.90 Å². The molecule has 1 saturated heterocycles. The minimum Gasteiger partial charge on any atom is -0.328 e. The lowest BCUT2D eigenvalue weighted by Gasteiger charge is -2.41. The monoisotopic (exact) mass is 249 g/mol. The van der Waals surface area contributed by atoms with E-state index in [-0.39, 0.29) is 6.04 Å². The van der Waals surface area contributed by atoms with Crippen LogP contribution in [-0.4, -0.2) is 34.6 Å². The predicted molar refractivity (Wildman–Crippen MR) is 63.0 cm³/mol. The third-order valence-electron chi connectivity index (χ3n) is 3.47. The number of likely N-dealkylation sites (tertiary alicyclic amines) is 1. The molecule has 0 saturated carbocycles. The Hall–Kier alpha value is -0.0600. The number of rotatable bonds is 5. The Morgan fingerprint density at radius 2 is 1.94 bits per heavy atom. The van der Waals surface area contributed by atoms with E-state index in [1.807, 2.05) is 13.8 Å². The molecule has 1 fully saturated rings. The maximum atomic E-state index is 10.9. The van der Waals surface area contributed by atoms with Crippen molar-refractivity contribution in [1.29, 1.82) is 0 Å². The van der Waals surface area contributed by atoms with Crippen LogP contribution in [0.3, 0.4) is 0 Å². The van der Waals surface area contributed by atoms with Gasteiger partial charge < -0.3 is 5.73 Å². The fraction of sp³-hybridized carbons (Fsp3) is 1.00. The first-order valence-electron chi connectivity index (χ1n) is 5.90. The highest BCUT2D eigenvalue weighted by molar-refractivity contribution is 7.32. The largest absolute Gasteiger partial charge is 0.696 e. The zero-order chi connectivity index (χ0) is 12.2. The molecule has 94 valence electrons. The molecule has 0 spiro atoms. The molecule has 1 rings (SSSR count). The molecule has 0 aromatic heterocycles. The second kappa shape index (κ2) is 6.03. The average Bonchev–Trinajstić information content (AvgIpc) is 2.27. The normalized spacial score (nSPS) is 21.1. The summed E-state index contributed by atoms with van der Waals surface area (Å²) in [7, 11) is -2.56. The average molecular weight is 249 g/mol. The summed E-state index contributed by atoms with van der Waals surface area (Å²) >= 11 is 0. The summed E-state index contributed by atoms with van der Waals surface area (Å²) in [5.74, 6) is 0. The Labute approximate surface area is 97.9 Å². The van der Waals surface area contributed by atoms with Gasteiger partial charge in [0.15, 0.2) is 5.72 Å². The number of piperidine rings is 1. The predicted octanol–water partition coefficient (Wildman–Crippen LogP) is 1.59. The summed E-state index contributed by atoms with van der Waals surface area (Å²) in [6.07, 6.45) is 3.27. The van der Waals surface area contributed by atoms with Gasteiger partial charge in [-0.3, -0.25) is 4.90 Å². The lowest BCUT2D eigenvalue weighted by Crippen LogP contribution is -2.53. The Bertz CT molecular complexity index is 238. The molecule has 3 N–H and O–H groups in total. The van der Waals surface area contributed by atoms with Gasteiger partial charge in [0, 0.05) is 23.7 Å². The molecule has 1 atom stereocenters. The molecule has 6 heteroatoms. The Morgan fingerprint density at radius 1 is 1.44 bits per heavy atom. The highest BCUT2D eigenvalue weighted by Gasteiger charge is 2.43. The second-order valence-corrected chi connectivity index (χ2v) is 4.97. The second-order valence-electron chi connectivity index (χ2n) is 4.31. The van der Waals surface area contributed by atoms with Crippen LogP contribution in [0.5, 0.6) is 0 Å². The minimum absolute atomic E-state index is 0.255. The van der Waals surface area contributed by atoms with Crippen molar-refractivity contribution in [3.05, 3.63) is 0 Å². The lowest BCUT2D eigenvalue weighted by molar-refractivity contribution is -0.102. The van der Waals surface area contributed by atoms with Gasteiger partial charge in [0.1, 0.15) is 0 Å². The molecule has 1 heterocycles. The maximum absolute atomic E-state index is 10.9. The molecule has 1 aliphatic heterocycles. The van der Waals surface area contributed by atoms with Gasteiger partial charge in [-0.1, -0.05) is 18.4 Å². The third-order valence-corrected chi connectivity index (χ3v) is 3.96. The van der Waals surface area contributed by atoms with Gasteiger partial charge in [-0.15, -0.1) is 4.89 Å². The van der Waals surface area contributed by atoms with E-state index in [9.17, 15) is 4.57 Å². The third kappa shape index (κ3) is 3.22. The van der Waals surface area contributed by atoms with Crippen LogP contribution < -0.4 is 5.73 Å². The van der Waals surface area contributed by atoms with Crippen molar-refractivity contribution in [2.24, 2.45) is 5.73 Å². The van der Waals surface area contributed by atoms with Crippen molar-refractivity contribution in [3.63, 3.8) is 0 Å². The Morgan fingerprint density at radius 3 is 2.31 bits per heavy atom. The zero-order valence-corrected chi connectivity index (χ0v) is 10.9. The standard InChI is InChI=1S/C10H21N2O3P/c1-3-10(4-2,15-16(13)14)12-7-5-9(11)6-8-12/h9H,3-8,11H2,1-2H3/p+1. The van der Waals surface area contributed by atoms with Crippen LogP contribution in [0.25, 0.3) is 0 Å². The number of hydrogen-bond acceptors (Lipinski definition) is 4. The molecule has 0 radical (unpaired) electrons. The van der Waals surface area contributed by atoms with Crippen LogP contribution in [0.4, 0.5) is 0 Å². The van der Waals surface area contributed by atoms with E-state index in [1.54, 1.807) is 0 Å². The van der Waals surface area contributed by atoms with Gasteiger partial charge >= 0.3 is 8.25 Å². The Balaban J connectivity index is 2.71. The molecular weight excluding hydrogens is 227 g/mol. The van der Waals surface area contributed by atoms with Gasteiger partial charge in [-0.2, -0.15) is 0 Å². The van der Waals surface area contributed by atoms with Crippen molar-refractivity contribution >= 4 is 8.25 Å². The van der Waals surface area contributed by atoms with Crippen LogP contribution in [0.2, 0.25) is 0 Å². The van der Waals surface area contributed by atoms with Crippen LogP contribution in [-0.2, 0) is 9.09 Å². The molecule has 1 aliphatic rings. The Kier molecular flexibility index (Phi) is 5.28. The summed E-state index contributed by atoms with van der Waals surface area (Å²) in [5.41, 5.74) is 5.25. The topological polar surface area (TPSA) is 75.8 Å². The number of nitrogens with zero attached hydrogens (tertiary/aromatic N) is 1. The minimum atomic E-state index is -2.56. The maximum Gasteiger partial charge on any atom is 0.696 e. The quantitative estimate of drug-likeness (QED) is 0.724. The van der Waals surface area contributed by atoms with E-state index in [1.165, 1.54) is 0 Å². The van der Waals surface area contributed by atoms with E-state index in [0.717, 1.165) is 25.9 Å². The molecule has 0 aromatic carbocycles. The molecular formula is C10H22N2O3P+. The van der Waals surface area contributed by atoms with E-state index >= 15 is 0 Å². The first-order valence-corrected chi connectivity index (χ1v) is 7.03. The summed E-state index contributed by atoms with van der Waals surface area (Å²) in [6, 6.07) is 0.255. The molecule has 5 nitrogen and oxygen atoms in total. The van der Waals surface area contributed by atoms with Crippen molar-refractivity contribution in [3.8, 4) is 0 Å². The van der Waals surface area contributed by atoms with E-state index < -0.39 is 14.0 Å². The van der Waals surface area contributed by atoms with Gasteiger partial charge in [0.25, 0.3) is 0 Å². The van der Waals surface area contributed by atoms with E-state index in [0.29, 0.717) is 12.8 Å². The molecule has 1 unspecified atom stereocenters.